The number of pyridine rings is 1. The van der Waals surface area contributed by atoms with Gasteiger partial charge in [-0.2, -0.15) is 0 Å². The highest BCUT2D eigenvalue weighted by Gasteiger charge is 2.10. The van der Waals surface area contributed by atoms with Gasteiger partial charge >= 0.3 is 0 Å². The molecule has 102 valence electrons. The lowest BCUT2D eigenvalue weighted by Crippen LogP contribution is -2.22. The quantitative estimate of drug-likeness (QED) is 0.907. The van der Waals surface area contributed by atoms with E-state index < -0.39 is 0 Å². The lowest BCUT2D eigenvalue weighted by atomic mass is 10.3. The standard InChI is InChI=1S/C12H15BrN4OS/c1-3-4-14-11-10(15-16-19-11)7-17-6-9(13)5-8(2)12(17)18/h5-6,14H,3-4,7H2,1-2H3. The molecule has 0 fully saturated rings. The molecule has 2 heterocycles. The lowest BCUT2D eigenvalue weighted by Gasteiger charge is -2.08. The van der Waals surface area contributed by atoms with Gasteiger partial charge < -0.3 is 9.88 Å². The third-order valence-electron chi connectivity index (χ3n) is 2.64. The van der Waals surface area contributed by atoms with Crippen molar-refractivity contribution in [2.24, 2.45) is 0 Å². The van der Waals surface area contributed by atoms with E-state index in [0.29, 0.717) is 12.1 Å². The molecular weight excluding hydrogens is 328 g/mol. The van der Waals surface area contributed by atoms with Crippen LogP contribution in [0.4, 0.5) is 5.00 Å². The monoisotopic (exact) mass is 342 g/mol. The molecule has 0 bridgehead atoms. The topological polar surface area (TPSA) is 59.8 Å². The number of nitrogens with zero attached hydrogens (tertiary/aromatic N) is 3. The van der Waals surface area contributed by atoms with Crippen molar-refractivity contribution in [1.29, 1.82) is 0 Å². The Morgan fingerprint density at radius 1 is 1.53 bits per heavy atom. The number of rotatable bonds is 5. The Morgan fingerprint density at radius 2 is 2.32 bits per heavy atom. The molecule has 19 heavy (non-hydrogen) atoms. The molecule has 0 spiro atoms. The molecule has 7 heteroatoms. The van der Waals surface area contributed by atoms with Gasteiger partial charge in [0.1, 0.15) is 10.7 Å². The Bertz CT molecular complexity index is 622. The number of aromatic nitrogens is 3. The molecule has 5 nitrogen and oxygen atoms in total. The Labute approximate surface area is 124 Å². The number of halogens is 1. The minimum Gasteiger partial charge on any atom is -0.374 e. The molecule has 0 unspecified atom stereocenters. The van der Waals surface area contributed by atoms with Crippen LogP contribution in [0, 0.1) is 6.92 Å². The highest BCUT2D eigenvalue weighted by atomic mass is 79.9. The van der Waals surface area contributed by atoms with E-state index in [1.54, 1.807) is 17.7 Å². The third-order valence-corrected chi connectivity index (χ3v) is 3.80. The Hall–Kier alpha value is -1.21. The van der Waals surface area contributed by atoms with E-state index in [-0.39, 0.29) is 5.56 Å². The number of nitrogens with one attached hydrogen (secondary N) is 1. The molecule has 2 aromatic rings. The fourth-order valence-corrected chi connectivity index (χ4v) is 2.89. The summed E-state index contributed by atoms with van der Waals surface area (Å²) in [6.07, 6.45) is 2.81. The average molecular weight is 343 g/mol. The summed E-state index contributed by atoms with van der Waals surface area (Å²) in [4.78, 5) is 12.0. The maximum absolute atomic E-state index is 12.0. The predicted octanol–water partition coefficient (Wildman–Crippen LogP) is 2.64. The van der Waals surface area contributed by atoms with Crippen molar-refractivity contribution in [2.45, 2.75) is 26.8 Å². The molecule has 0 saturated carbocycles. The van der Waals surface area contributed by atoms with Crippen molar-refractivity contribution in [2.75, 3.05) is 11.9 Å². The van der Waals surface area contributed by atoms with Gasteiger partial charge in [-0.25, -0.2) is 0 Å². The SMILES string of the molecule is CCCNc1snnc1Cn1cc(Br)cc(C)c1=O. The van der Waals surface area contributed by atoms with Crippen LogP contribution in [0.2, 0.25) is 0 Å². The van der Waals surface area contributed by atoms with Crippen LogP contribution in [-0.2, 0) is 6.54 Å². The van der Waals surface area contributed by atoms with Crippen molar-refractivity contribution in [3.8, 4) is 0 Å². The second-order valence-corrected chi connectivity index (χ2v) is 5.92. The molecule has 0 atom stereocenters. The van der Waals surface area contributed by atoms with E-state index in [0.717, 1.165) is 28.1 Å². The molecule has 0 radical (unpaired) electrons. The summed E-state index contributed by atoms with van der Waals surface area (Å²) in [5, 5.41) is 8.31. The van der Waals surface area contributed by atoms with E-state index in [4.69, 9.17) is 0 Å². The highest BCUT2D eigenvalue weighted by Crippen LogP contribution is 2.19. The molecule has 0 amide bonds. The van der Waals surface area contributed by atoms with Gasteiger partial charge in [0.05, 0.1) is 6.54 Å². The van der Waals surface area contributed by atoms with E-state index >= 15 is 0 Å². The van der Waals surface area contributed by atoms with Crippen molar-refractivity contribution >= 4 is 32.5 Å². The van der Waals surface area contributed by atoms with Crippen molar-refractivity contribution in [3.05, 3.63) is 38.3 Å². The van der Waals surface area contributed by atoms with Crippen LogP contribution < -0.4 is 10.9 Å². The first kappa shape index (κ1) is 14.2. The fraction of sp³-hybridized carbons (Fsp3) is 0.417. The number of hydrogen-bond donors (Lipinski definition) is 1. The first-order valence-corrected chi connectivity index (χ1v) is 7.60. The number of aryl methyl sites for hydroxylation is 1. The minimum atomic E-state index is -0.00218. The minimum absolute atomic E-state index is 0.00218. The zero-order valence-corrected chi connectivity index (χ0v) is 13.2. The molecule has 0 saturated heterocycles. The van der Waals surface area contributed by atoms with Gasteiger partial charge in [-0.3, -0.25) is 4.79 Å². The van der Waals surface area contributed by atoms with Crippen LogP contribution in [0.3, 0.4) is 0 Å². The van der Waals surface area contributed by atoms with E-state index in [1.807, 2.05) is 6.07 Å². The van der Waals surface area contributed by atoms with E-state index in [2.05, 4.69) is 37.8 Å². The fourth-order valence-electron chi connectivity index (χ4n) is 1.70. The van der Waals surface area contributed by atoms with Crippen molar-refractivity contribution in [3.63, 3.8) is 0 Å². The van der Waals surface area contributed by atoms with Crippen molar-refractivity contribution < 1.29 is 0 Å². The molecule has 2 aromatic heterocycles. The molecule has 0 aliphatic heterocycles. The van der Waals surface area contributed by atoms with E-state index in [9.17, 15) is 4.79 Å². The van der Waals surface area contributed by atoms with Crippen LogP contribution >= 0.6 is 27.5 Å². The van der Waals surface area contributed by atoms with Crippen LogP contribution in [0.5, 0.6) is 0 Å². The smallest absolute Gasteiger partial charge is 0.253 e. The second kappa shape index (κ2) is 6.29. The normalized spacial score (nSPS) is 10.7. The summed E-state index contributed by atoms with van der Waals surface area (Å²) >= 11 is 4.73. The Balaban J connectivity index is 2.27. The average Bonchev–Trinajstić information content (AvgIpc) is 2.80. The zero-order chi connectivity index (χ0) is 13.8. The van der Waals surface area contributed by atoms with Crippen molar-refractivity contribution in [1.82, 2.24) is 14.2 Å². The lowest BCUT2D eigenvalue weighted by molar-refractivity contribution is 0.727. The van der Waals surface area contributed by atoms with Gasteiger partial charge in [-0.15, -0.1) is 5.10 Å². The third kappa shape index (κ3) is 3.42. The van der Waals surface area contributed by atoms with Gasteiger partial charge in [-0.05, 0) is 35.3 Å². The predicted molar refractivity (Wildman–Crippen MR) is 80.9 cm³/mol. The van der Waals surface area contributed by atoms with Crippen LogP contribution in [-0.4, -0.2) is 20.7 Å². The highest BCUT2D eigenvalue weighted by molar-refractivity contribution is 9.10. The summed E-state index contributed by atoms with van der Waals surface area (Å²) in [5.41, 5.74) is 1.51. The Morgan fingerprint density at radius 3 is 3.05 bits per heavy atom. The second-order valence-electron chi connectivity index (χ2n) is 4.25. The molecule has 1 N–H and O–H groups in total. The van der Waals surface area contributed by atoms with Crippen LogP contribution in [0.25, 0.3) is 0 Å². The van der Waals surface area contributed by atoms with Gasteiger partial charge in [-0.1, -0.05) is 11.4 Å². The number of anilines is 1. The van der Waals surface area contributed by atoms with Gasteiger partial charge in [0.25, 0.3) is 5.56 Å². The first-order valence-electron chi connectivity index (χ1n) is 6.03. The van der Waals surface area contributed by atoms with Gasteiger partial charge in [0.15, 0.2) is 0 Å². The molecule has 2 rings (SSSR count). The maximum Gasteiger partial charge on any atom is 0.253 e. The first-order chi connectivity index (χ1) is 9.11. The number of hydrogen-bond acceptors (Lipinski definition) is 5. The Kier molecular flexibility index (Phi) is 4.71. The van der Waals surface area contributed by atoms with Crippen LogP contribution in [0.1, 0.15) is 24.6 Å². The molecule has 0 aliphatic rings. The summed E-state index contributed by atoms with van der Waals surface area (Å²) in [6, 6.07) is 1.81. The van der Waals surface area contributed by atoms with Gasteiger partial charge in [0, 0.05) is 34.3 Å². The van der Waals surface area contributed by atoms with Gasteiger partial charge in [0.2, 0.25) is 0 Å². The molecular formula is C12H15BrN4OS. The molecule has 0 aliphatic carbocycles. The largest absolute Gasteiger partial charge is 0.374 e. The summed E-state index contributed by atoms with van der Waals surface area (Å²) in [7, 11) is 0. The zero-order valence-electron chi connectivity index (χ0n) is 10.8. The summed E-state index contributed by atoms with van der Waals surface area (Å²) in [5.74, 6) is 0. The maximum atomic E-state index is 12.0. The summed E-state index contributed by atoms with van der Waals surface area (Å²) < 4.78 is 6.48. The summed E-state index contributed by atoms with van der Waals surface area (Å²) in [6.45, 7) is 5.22. The van der Waals surface area contributed by atoms with E-state index in [1.165, 1.54) is 11.5 Å². The molecule has 0 aromatic carbocycles. The van der Waals surface area contributed by atoms with Crippen LogP contribution in [0.15, 0.2) is 21.5 Å².